The summed E-state index contributed by atoms with van der Waals surface area (Å²) in [5.41, 5.74) is -0.264. The fourth-order valence-electron chi connectivity index (χ4n) is 2.93. The van der Waals surface area contributed by atoms with Crippen molar-refractivity contribution in [3.8, 4) is 0 Å². The van der Waals surface area contributed by atoms with E-state index in [1.807, 2.05) is 13.8 Å². The molecule has 0 atom stereocenters. The molecule has 1 saturated heterocycles. The Bertz CT molecular complexity index is 956. The number of halogens is 1. The van der Waals surface area contributed by atoms with Gasteiger partial charge in [-0.2, -0.15) is 9.29 Å². The monoisotopic (exact) mass is 411 g/mol. The lowest BCUT2D eigenvalue weighted by Gasteiger charge is -2.44. The van der Waals surface area contributed by atoms with Crippen molar-refractivity contribution in [2.75, 3.05) is 25.9 Å². The van der Waals surface area contributed by atoms with Gasteiger partial charge in [0.05, 0.1) is 12.3 Å². The molecule has 0 aromatic carbocycles. The van der Waals surface area contributed by atoms with E-state index in [4.69, 9.17) is 4.52 Å². The molecule has 0 bridgehead atoms. The van der Waals surface area contributed by atoms with Crippen molar-refractivity contribution < 1.29 is 22.1 Å². The van der Waals surface area contributed by atoms with Crippen LogP contribution in [0.25, 0.3) is 0 Å². The number of hydrogen-bond acceptors (Lipinski definition) is 7. The first kappa shape index (κ1) is 20.3. The van der Waals surface area contributed by atoms with Crippen LogP contribution in [0.5, 0.6) is 0 Å². The van der Waals surface area contributed by atoms with Crippen molar-refractivity contribution in [1.82, 2.24) is 24.3 Å². The third-order valence-corrected chi connectivity index (χ3v) is 5.81. The van der Waals surface area contributed by atoms with Crippen LogP contribution in [0.4, 0.5) is 4.39 Å². The molecule has 2 aromatic heterocycles. The molecule has 1 fully saturated rings. The molecule has 3 rings (SSSR count). The minimum atomic E-state index is -3.51. The Hall–Kier alpha value is -2.40. The number of carbonyl (C=O) groups is 1. The lowest BCUT2D eigenvalue weighted by Crippen LogP contribution is -2.62. The first-order chi connectivity index (χ1) is 13.2. The Labute approximate surface area is 162 Å². The summed E-state index contributed by atoms with van der Waals surface area (Å²) in [6, 6.07) is 2.18. The third-order valence-electron chi connectivity index (χ3n) is 4.48. The van der Waals surface area contributed by atoms with E-state index < -0.39 is 21.7 Å². The van der Waals surface area contributed by atoms with Crippen LogP contribution in [0, 0.1) is 5.82 Å². The van der Waals surface area contributed by atoms with Gasteiger partial charge >= 0.3 is 0 Å². The molecule has 0 saturated carbocycles. The van der Waals surface area contributed by atoms with E-state index in [1.165, 1.54) is 21.5 Å². The Morgan fingerprint density at radius 3 is 2.71 bits per heavy atom. The maximum Gasteiger partial charge on any atom is 0.275 e. The smallest absolute Gasteiger partial charge is 0.275 e. The number of aromatic nitrogens is 3. The van der Waals surface area contributed by atoms with Gasteiger partial charge in [0, 0.05) is 38.2 Å². The van der Waals surface area contributed by atoms with E-state index in [2.05, 4.69) is 15.1 Å². The van der Waals surface area contributed by atoms with Crippen molar-refractivity contribution >= 4 is 15.9 Å². The Kier molecular flexibility index (Phi) is 5.75. The SMILES string of the molecule is CC(C)c1nc(CCN(C2CN(C(=O)c3ncccc3F)C2)S(C)(=O)=O)no1. The number of amides is 1. The Morgan fingerprint density at radius 1 is 1.43 bits per heavy atom. The van der Waals surface area contributed by atoms with Gasteiger partial charge in [-0.1, -0.05) is 19.0 Å². The fraction of sp³-hybridized carbons (Fsp3) is 0.529. The minimum absolute atomic E-state index is 0.0884. The average Bonchev–Trinajstić information content (AvgIpc) is 3.04. The van der Waals surface area contributed by atoms with Crippen LogP contribution in [-0.2, 0) is 16.4 Å². The lowest BCUT2D eigenvalue weighted by atomic mass is 10.1. The molecule has 152 valence electrons. The fourth-order valence-corrected chi connectivity index (χ4v) is 4.03. The normalized spacial score (nSPS) is 15.3. The highest BCUT2D eigenvalue weighted by molar-refractivity contribution is 7.88. The second-order valence-electron chi connectivity index (χ2n) is 7.03. The summed E-state index contributed by atoms with van der Waals surface area (Å²) < 4.78 is 44.6. The molecular weight excluding hydrogens is 389 g/mol. The molecule has 1 aliphatic heterocycles. The summed E-state index contributed by atoms with van der Waals surface area (Å²) in [4.78, 5) is 21.7. The van der Waals surface area contributed by atoms with Gasteiger partial charge < -0.3 is 9.42 Å². The first-order valence-corrected chi connectivity index (χ1v) is 10.7. The molecule has 9 nitrogen and oxygen atoms in total. The van der Waals surface area contributed by atoms with E-state index >= 15 is 0 Å². The zero-order valence-electron chi connectivity index (χ0n) is 15.9. The molecule has 0 spiro atoms. The van der Waals surface area contributed by atoms with Crippen molar-refractivity contribution in [3.05, 3.63) is 41.6 Å². The van der Waals surface area contributed by atoms with Crippen molar-refractivity contribution in [1.29, 1.82) is 0 Å². The van der Waals surface area contributed by atoms with E-state index in [9.17, 15) is 17.6 Å². The maximum atomic E-state index is 13.7. The van der Waals surface area contributed by atoms with E-state index in [0.717, 1.165) is 12.3 Å². The number of likely N-dealkylation sites (tertiary alicyclic amines) is 1. The molecule has 0 N–H and O–H groups in total. The van der Waals surface area contributed by atoms with Crippen LogP contribution in [0.1, 0.15) is 42.0 Å². The van der Waals surface area contributed by atoms with Crippen LogP contribution in [0.2, 0.25) is 0 Å². The van der Waals surface area contributed by atoms with Gasteiger partial charge in [0.25, 0.3) is 5.91 Å². The van der Waals surface area contributed by atoms with Crippen LogP contribution in [-0.4, -0.2) is 70.6 Å². The highest BCUT2D eigenvalue weighted by Crippen LogP contribution is 2.21. The molecule has 3 heterocycles. The first-order valence-electron chi connectivity index (χ1n) is 8.86. The number of nitrogens with zero attached hydrogens (tertiary/aromatic N) is 5. The summed E-state index contributed by atoms with van der Waals surface area (Å²) in [6.45, 7) is 4.35. The largest absolute Gasteiger partial charge is 0.339 e. The standard InChI is InChI=1S/C17H22FN5O4S/c1-11(2)16-20-14(21-27-16)6-8-23(28(3,25)26)12-9-22(10-12)17(24)15-13(18)5-4-7-19-15/h4-5,7,11-12H,6,8-10H2,1-3H3. The van der Waals surface area contributed by atoms with Gasteiger partial charge in [0.15, 0.2) is 17.3 Å². The number of rotatable bonds is 7. The van der Waals surface area contributed by atoms with Crippen molar-refractivity contribution in [2.45, 2.75) is 32.2 Å². The summed E-state index contributed by atoms with van der Waals surface area (Å²) in [5.74, 6) is -0.235. The molecule has 0 radical (unpaired) electrons. The lowest BCUT2D eigenvalue weighted by molar-refractivity contribution is 0.0443. The van der Waals surface area contributed by atoms with Gasteiger partial charge in [-0.3, -0.25) is 4.79 Å². The molecular formula is C17H22FN5O4S. The highest BCUT2D eigenvalue weighted by atomic mass is 32.2. The van der Waals surface area contributed by atoms with E-state index in [0.29, 0.717) is 18.1 Å². The second kappa shape index (κ2) is 7.92. The molecule has 1 amide bonds. The number of carbonyl (C=O) groups excluding carboxylic acids is 1. The minimum Gasteiger partial charge on any atom is -0.339 e. The second-order valence-corrected chi connectivity index (χ2v) is 8.96. The summed E-state index contributed by atoms with van der Waals surface area (Å²) in [6.07, 6.45) is 2.75. The predicted molar refractivity (Wildman–Crippen MR) is 97.5 cm³/mol. The van der Waals surface area contributed by atoms with Gasteiger partial charge in [-0.25, -0.2) is 17.8 Å². The zero-order valence-corrected chi connectivity index (χ0v) is 16.7. The van der Waals surface area contributed by atoms with Crippen molar-refractivity contribution in [3.63, 3.8) is 0 Å². The quantitative estimate of drug-likeness (QED) is 0.670. The summed E-state index contributed by atoms with van der Waals surface area (Å²) in [5, 5.41) is 3.87. The van der Waals surface area contributed by atoms with Crippen LogP contribution in [0.3, 0.4) is 0 Å². The topological polar surface area (TPSA) is 110 Å². The Balaban J connectivity index is 1.62. The maximum absolute atomic E-state index is 13.7. The molecule has 0 aliphatic carbocycles. The number of hydrogen-bond donors (Lipinski definition) is 0. The Morgan fingerprint density at radius 2 is 2.14 bits per heavy atom. The van der Waals surface area contributed by atoms with Gasteiger partial charge in [0.2, 0.25) is 15.9 Å². The average molecular weight is 411 g/mol. The number of pyridine rings is 1. The molecule has 28 heavy (non-hydrogen) atoms. The summed E-state index contributed by atoms with van der Waals surface area (Å²) in [7, 11) is -3.51. The molecule has 2 aromatic rings. The van der Waals surface area contributed by atoms with Gasteiger partial charge in [0.1, 0.15) is 0 Å². The van der Waals surface area contributed by atoms with Crippen LogP contribution < -0.4 is 0 Å². The van der Waals surface area contributed by atoms with Gasteiger partial charge in [-0.05, 0) is 12.1 Å². The highest BCUT2D eigenvalue weighted by Gasteiger charge is 2.39. The third kappa shape index (κ3) is 4.36. The van der Waals surface area contributed by atoms with E-state index in [1.54, 1.807) is 0 Å². The predicted octanol–water partition coefficient (Wildman–Crippen LogP) is 1.06. The summed E-state index contributed by atoms with van der Waals surface area (Å²) >= 11 is 0. The molecule has 0 unspecified atom stereocenters. The number of sulfonamides is 1. The van der Waals surface area contributed by atoms with Gasteiger partial charge in [-0.15, -0.1) is 0 Å². The molecule has 1 aliphatic rings. The zero-order chi connectivity index (χ0) is 20.5. The molecule has 11 heteroatoms. The van der Waals surface area contributed by atoms with Crippen LogP contribution >= 0.6 is 0 Å². The van der Waals surface area contributed by atoms with Crippen LogP contribution in [0.15, 0.2) is 22.9 Å². The van der Waals surface area contributed by atoms with E-state index in [-0.39, 0.29) is 37.3 Å². The van der Waals surface area contributed by atoms with Crippen molar-refractivity contribution in [2.24, 2.45) is 0 Å².